The van der Waals surface area contributed by atoms with Crippen molar-refractivity contribution in [2.75, 3.05) is 0 Å². The van der Waals surface area contributed by atoms with Crippen LogP contribution in [0.3, 0.4) is 0 Å². The molecule has 3 aromatic carbocycles. The molecule has 0 aliphatic heterocycles. The number of carbonyl (C=O) groups excluding carboxylic acids is 1. The van der Waals surface area contributed by atoms with Gasteiger partial charge in [-0.25, -0.2) is 4.79 Å². The second-order valence-corrected chi connectivity index (χ2v) is 6.98. The van der Waals surface area contributed by atoms with Crippen LogP contribution in [-0.2, 0) is 9.63 Å². The summed E-state index contributed by atoms with van der Waals surface area (Å²) in [7, 11) is 0. The predicted octanol–water partition coefficient (Wildman–Crippen LogP) is 5.57. The van der Waals surface area contributed by atoms with Crippen molar-refractivity contribution in [3.05, 3.63) is 83.9 Å². The smallest absolute Gasteiger partial charge is 0.317 e. The summed E-state index contributed by atoms with van der Waals surface area (Å²) >= 11 is 0. The van der Waals surface area contributed by atoms with Gasteiger partial charge >= 0.3 is 5.97 Å². The Bertz CT molecular complexity index is 943. The molecule has 0 fully saturated rings. The van der Waals surface area contributed by atoms with Gasteiger partial charge in [-0.05, 0) is 37.1 Å². The van der Waals surface area contributed by atoms with Crippen molar-refractivity contribution in [1.29, 1.82) is 0 Å². The Morgan fingerprint density at radius 1 is 0.885 bits per heavy atom. The topological polar surface area (TPSA) is 38.7 Å². The van der Waals surface area contributed by atoms with Gasteiger partial charge in [0.2, 0.25) is 0 Å². The fourth-order valence-corrected chi connectivity index (χ4v) is 2.56. The molecule has 0 amide bonds. The van der Waals surface area contributed by atoms with Crippen LogP contribution in [-0.4, -0.2) is 11.7 Å². The molecule has 132 valence electrons. The van der Waals surface area contributed by atoms with E-state index in [1.165, 1.54) is 0 Å². The van der Waals surface area contributed by atoms with Crippen LogP contribution in [0.15, 0.2) is 78.0 Å². The van der Waals surface area contributed by atoms with Gasteiger partial charge in [-0.15, -0.1) is 0 Å². The molecule has 0 saturated heterocycles. The minimum absolute atomic E-state index is 0.325. The molecule has 0 aliphatic carbocycles. The van der Waals surface area contributed by atoms with Gasteiger partial charge in [-0.3, -0.25) is 0 Å². The molecule has 26 heavy (non-hydrogen) atoms. The highest BCUT2D eigenvalue weighted by Gasteiger charge is 2.28. The maximum Gasteiger partial charge on any atom is 0.340 e. The summed E-state index contributed by atoms with van der Waals surface area (Å²) in [4.78, 5) is 17.7. The number of hydrogen-bond donors (Lipinski definition) is 0. The maximum atomic E-state index is 12.3. The molecule has 3 heteroatoms. The number of hydrogen-bond acceptors (Lipinski definition) is 3. The average molecular weight is 345 g/mol. The van der Waals surface area contributed by atoms with Crippen LogP contribution in [0.5, 0.6) is 0 Å². The lowest BCUT2D eigenvalue weighted by atomic mass is 9.91. The fraction of sp³-hybridized carbons (Fsp3) is 0.217. The van der Waals surface area contributed by atoms with E-state index < -0.39 is 5.41 Å². The second kappa shape index (κ2) is 7.52. The molecular formula is C23H23NO2. The molecule has 0 aliphatic rings. The number of benzene rings is 3. The van der Waals surface area contributed by atoms with Gasteiger partial charge in [0, 0.05) is 11.1 Å². The van der Waals surface area contributed by atoms with Gasteiger partial charge in [0.05, 0.1) is 5.41 Å². The van der Waals surface area contributed by atoms with Crippen LogP contribution in [0.4, 0.5) is 0 Å². The SMILES string of the molecule is CCC(C)(C)C(=O)O/N=C(/c1ccccc1)c1ccc2ccccc2c1. The van der Waals surface area contributed by atoms with Crippen molar-refractivity contribution in [2.24, 2.45) is 10.6 Å². The Hall–Kier alpha value is -2.94. The van der Waals surface area contributed by atoms with Gasteiger partial charge in [0.25, 0.3) is 0 Å². The van der Waals surface area contributed by atoms with Crippen LogP contribution in [0.25, 0.3) is 10.8 Å². The van der Waals surface area contributed by atoms with E-state index in [1.807, 2.05) is 69.3 Å². The first-order valence-electron chi connectivity index (χ1n) is 8.85. The van der Waals surface area contributed by atoms with Crippen molar-refractivity contribution < 1.29 is 9.63 Å². The molecule has 0 N–H and O–H groups in total. The summed E-state index contributed by atoms with van der Waals surface area (Å²) in [6.07, 6.45) is 0.692. The van der Waals surface area contributed by atoms with Crippen molar-refractivity contribution in [1.82, 2.24) is 0 Å². The molecule has 0 atom stereocenters. The third kappa shape index (κ3) is 3.83. The van der Waals surface area contributed by atoms with Crippen LogP contribution in [0.1, 0.15) is 38.3 Å². The molecule has 0 heterocycles. The third-order valence-electron chi connectivity index (χ3n) is 4.73. The summed E-state index contributed by atoms with van der Waals surface area (Å²) in [5.41, 5.74) is 1.91. The minimum Gasteiger partial charge on any atom is -0.317 e. The van der Waals surface area contributed by atoms with Crippen molar-refractivity contribution in [2.45, 2.75) is 27.2 Å². The molecule has 3 rings (SSSR count). The van der Waals surface area contributed by atoms with E-state index in [4.69, 9.17) is 4.84 Å². The largest absolute Gasteiger partial charge is 0.340 e. The van der Waals surface area contributed by atoms with Crippen molar-refractivity contribution in [3.8, 4) is 0 Å². The Balaban J connectivity index is 2.03. The zero-order chi connectivity index (χ0) is 18.6. The second-order valence-electron chi connectivity index (χ2n) is 6.98. The van der Waals surface area contributed by atoms with Gasteiger partial charge < -0.3 is 4.84 Å². The number of fused-ring (bicyclic) bond motifs is 1. The van der Waals surface area contributed by atoms with E-state index in [9.17, 15) is 4.79 Å². The molecule has 3 aromatic rings. The van der Waals surface area contributed by atoms with Crippen LogP contribution >= 0.6 is 0 Å². The quantitative estimate of drug-likeness (QED) is 0.344. The minimum atomic E-state index is -0.561. The summed E-state index contributed by atoms with van der Waals surface area (Å²) in [5.74, 6) is -0.325. The molecule has 0 spiro atoms. The van der Waals surface area contributed by atoms with E-state index in [1.54, 1.807) is 0 Å². The van der Waals surface area contributed by atoms with Gasteiger partial charge in [-0.1, -0.05) is 78.8 Å². The molecule has 0 bridgehead atoms. The van der Waals surface area contributed by atoms with E-state index in [0.29, 0.717) is 12.1 Å². The fourth-order valence-electron chi connectivity index (χ4n) is 2.56. The summed E-state index contributed by atoms with van der Waals surface area (Å²) in [6, 6.07) is 24.1. The molecule has 0 radical (unpaired) electrons. The highest BCUT2D eigenvalue weighted by molar-refractivity contribution is 6.14. The van der Waals surface area contributed by atoms with Crippen molar-refractivity contribution >= 4 is 22.5 Å². The Morgan fingerprint density at radius 2 is 1.54 bits per heavy atom. The van der Waals surface area contributed by atoms with Crippen LogP contribution in [0, 0.1) is 5.41 Å². The normalized spacial score (nSPS) is 12.2. The first-order chi connectivity index (χ1) is 12.5. The van der Waals surface area contributed by atoms with Crippen molar-refractivity contribution in [3.63, 3.8) is 0 Å². The van der Waals surface area contributed by atoms with E-state index in [0.717, 1.165) is 21.9 Å². The molecule has 0 unspecified atom stereocenters. The monoisotopic (exact) mass is 345 g/mol. The number of rotatable bonds is 5. The standard InChI is InChI=1S/C23H23NO2/c1-4-23(2,3)22(25)26-24-21(18-11-6-5-7-12-18)20-15-14-17-10-8-9-13-19(17)16-20/h5-16H,4H2,1-3H3/b24-21-. The molecule has 0 saturated carbocycles. The predicted molar refractivity (Wildman–Crippen MR) is 106 cm³/mol. The Labute approximate surface area is 154 Å². The van der Waals surface area contributed by atoms with Gasteiger partial charge in [0.1, 0.15) is 5.71 Å². The van der Waals surface area contributed by atoms with Gasteiger partial charge in [0.15, 0.2) is 0 Å². The molecule has 3 nitrogen and oxygen atoms in total. The molecule has 0 aromatic heterocycles. The first-order valence-corrected chi connectivity index (χ1v) is 8.85. The van der Waals surface area contributed by atoms with Gasteiger partial charge in [-0.2, -0.15) is 0 Å². The number of oxime groups is 1. The zero-order valence-electron chi connectivity index (χ0n) is 15.4. The molecular weight excluding hydrogens is 322 g/mol. The lowest BCUT2D eigenvalue weighted by molar-refractivity contribution is -0.154. The zero-order valence-corrected chi connectivity index (χ0v) is 15.4. The lowest BCUT2D eigenvalue weighted by Crippen LogP contribution is -2.24. The summed E-state index contributed by atoms with van der Waals surface area (Å²) in [5, 5.41) is 6.53. The van der Waals surface area contributed by atoms with Crippen LogP contribution in [0.2, 0.25) is 0 Å². The summed E-state index contributed by atoms with van der Waals surface area (Å²) in [6.45, 7) is 5.69. The maximum absolute atomic E-state index is 12.3. The van der Waals surface area contributed by atoms with E-state index in [-0.39, 0.29) is 5.97 Å². The Kier molecular flexibility index (Phi) is 5.17. The third-order valence-corrected chi connectivity index (χ3v) is 4.73. The highest BCUT2D eigenvalue weighted by Crippen LogP contribution is 2.23. The first kappa shape index (κ1) is 17.9. The van der Waals surface area contributed by atoms with E-state index >= 15 is 0 Å². The summed E-state index contributed by atoms with van der Waals surface area (Å²) < 4.78 is 0. The number of nitrogens with zero attached hydrogens (tertiary/aromatic N) is 1. The lowest BCUT2D eigenvalue weighted by Gasteiger charge is -2.18. The van der Waals surface area contributed by atoms with Crippen LogP contribution < -0.4 is 0 Å². The Morgan fingerprint density at radius 3 is 2.23 bits per heavy atom. The van der Waals surface area contributed by atoms with E-state index in [2.05, 4.69) is 29.4 Å². The number of carbonyl (C=O) groups is 1. The average Bonchev–Trinajstić information content (AvgIpc) is 2.68. The highest BCUT2D eigenvalue weighted by atomic mass is 16.7.